The molecule has 0 bridgehead atoms. The fourth-order valence-corrected chi connectivity index (χ4v) is 0.942. The second-order valence-electron chi connectivity index (χ2n) is 2.34. The molecule has 0 unspecified atom stereocenters. The van der Waals surface area contributed by atoms with Gasteiger partial charge in [0.15, 0.2) is 5.78 Å². The van der Waals surface area contributed by atoms with Crippen LogP contribution in [-0.4, -0.2) is 36.2 Å². The number of nitrogens with two attached hydrogens (primary N) is 1. The quantitative estimate of drug-likeness (QED) is 0.327. The maximum atomic E-state index is 10.9. The summed E-state index contributed by atoms with van der Waals surface area (Å²) in [4.78, 5) is 22.7. The first-order valence-corrected chi connectivity index (χ1v) is 3.01. The van der Waals surface area contributed by atoms with Gasteiger partial charge in [-0.3, -0.25) is 4.79 Å². The molecule has 1 heterocycles. The summed E-state index contributed by atoms with van der Waals surface area (Å²) >= 11 is 0. The van der Waals surface area contributed by atoms with Gasteiger partial charge in [-0.15, -0.1) is 0 Å². The van der Waals surface area contributed by atoms with Gasteiger partial charge in [-0.25, -0.2) is 4.79 Å². The zero-order valence-corrected chi connectivity index (χ0v) is 6.00. The maximum absolute atomic E-state index is 10.9. The molecule has 5 nitrogen and oxygen atoms in total. The molecular weight excluding hydrogens is 147 g/mol. The molecule has 0 amide bonds. The standard InChI is InChI=1S/C5H7BN2O3/c6-8-1-2(9)3(4(8)7)5(10)11/h1,6-7H2,(H,10,11). The van der Waals surface area contributed by atoms with E-state index in [2.05, 4.69) is 0 Å². The number of carboxylic acid groups (broad SMARTS) is 1. The van der Waals surface area contributed by atoms with Gasteiger partial charge in [0.1, 0.15) is 11.4 Å². The van der Waals surface area contributed by atoms with Crippen LogP contribution in [0.2, 0.25) is 0 Å². The van der Waals surface area contributed by atoms with Gasteiger partial charge < -0.3 is 15.7 Å². The van der Waals surface area contributed by atoms with E-state index in [4.69, 9.17) is 10.8 Å². The van der Waals surface area contributed by atoms with E-state index in [9.17, 15) is 9.59 Å². The Hall–Kier alpha value is -1.46. The molecule has 0 aromatic carbocycles. The summed E-state index contributed by atoms with van der Waals surface area (Å²) < 4.78 is 0. The molecule has 3 N–H and O–H groups in total. The predicted molar refractivity (Wildman–Crippen MR) is 39.1 cm³/mol. The molecule has 0 aromatic rings. The number of hydrogen-bond donors (Lipinski definition) is 2. The Morgan fingerprint density at radius 1 is 1.73 bits per heavy atom. The van der Waals surface area contributed by atoms with Gasteiger partial charge >= 0.3 is 5.97 Å². The molecule has 1 aliphatic heterocycles. The van der Waals surface area contributed by atoms with Crippen LogP contribution in [0.3, 0.4) is 0 Å². The number of aliphatic carboxylic acids is 1. The van der Waals surface area contributed by atoms with E-state index >= 15 is 0 Å². The van der Waals surface area contributed by atoms with E-state index in [0.717, 1.165) is 0 Å². The molecule has 1 aliphatic rings. The van der Waals surface area contributed by atoms with E-state index in [1.807, 2.05) is 0 Å². The summed E-state index contributed by atoms with van der Waals surface area (Å²) in [6, 6.07) is 0. The van der Waals surface area contributed by atoms with E-state index in [-0.39, 0.29) is 17.9 Å². The van der Waals surface area contributed by atoms with E-state index < -0.39 is 11.8 Å². The summed E-state index contributed by atoms with van der Waals surface area (Å²) in [6.07, 6.45) is 0. The van der Waals surface area contributed by atoms with Crippen molar-refractivity contribution in [3.8, 4) is 0 Å². The molecule has 58 valence electrons. The van der Waals surface area contributed by atoms with Crippen LogP contribution in [0.1, 0.15) is 0 Å². The first-order valence-electron chi connectivity index (χ1n) is 3.01. The van der Waals surface area contributed by atoms with Gasteiger partial charge in [0.05, 0.1) is 6.54 Å². The van der Waals surface area contributed by atoms with Gasteiger partial charge in [0, 0.05) is 0 Å². The van der Waals surface area contributed by atoms with Crippen molar-refractivity contribution in [2.24, 2.45) is 5.73 Å². The average molecular weight is 154 g/mol. The van der Waals surface area contributed by atoms with Crippen LogP contribution in [0.5, 0.6) is 0 Å². The lowest BCUT2D eigenvalue weighted by molar-refractivity contribution is -0.134. The van der Waals surface area contributed by atoms with Gasteiger partial charge in [-0.05, 0) is 0 Å². The molecule has 11 heavy (non-hydrogen) atoms. The van der Waals surface area contributed by atoms with Crippen molar-refractivity contribution in [2.75, 3.05) is 6.54 Å². The summed E-state index contributed by atoms with van der Waals surface area (Å²) in [5, 5.41) is 8.49. The highest BCUT2D eigenvalue weighted by molar-refractivity contribution is 6.23. The second kappa shape index (κ2) is 2.30. The summed E-state index contributed by atoms with van der Waals surface area (Å²) in [6.45, 7) is 0.0630. The lowest BCUT2D eigenvalue weighted by atomic mass is 10.2. The van der Waals surface area contributed by atoms with Crippen molar-refractivity contribution in [3.05, 3.63) is 11.4 Å². The van der Waals surface area contributed by atoms with Crippen LogP contribution < -0.4 is 5.73 Å². The van der Waals surface area contributed by atoms with Gasteiger partial charge in [-0.2, -0.15) is 0 Å². The fourth-order valence-electron chi connectivity index (χ4n) is 0.942. The number of rotatable bonds is 1. The van der Waals surface area contributed by atoms with E-state index in [0.29, 0.717) is 0 Å². The molecule has 0 aliphatic carbocycles. The number of carbonyl (C=O) groups excluding carboxylic acids is 1. The molecule has 0 fully saturated rings. The number of nitrogens with zero attached hydrogens (tertiary/aromatic N) is 1. The van der Waals surface area contributed by atoms with Crippen LogP contribution in [0.15, 0.2) is 11.4 Å². The van der Waals surface area contributed by atoms with Crippen molar-refractivity contribution in [3.63, 3.8) is 0 Å². The smallest absolute Gasteiger partial charge is 0.343 e. The lowest BCUT2D eigenvalue weighted by Crippen LogP contribution is -2.22. The number of ketones is 1. The van der Waals surface area contributed by atoms with Crippen molar-refractivity contribution in [1.29, 1.82) is 0 Å². The first kappa shape index (κ1) is 7.65. The average Bonchev–Trinajstić information content (AvgIpc) is 2.07. The highest BCUT2D eigenvalue weighted by atomic mass is 16.4. The van der Waals surface area contributed by atoms with Crippen molar-refractivity contribution >= 4 is 19.7 Å². The Morgan fingerprint density at radius 2 is 2.27 bits per heavy atom. The SMILES string of the molecule is BN1CC(=O)C(C(=O)O)=C1N. The first-order chi connectivity index (χ1) is 5.04. The summed E-state index contributed by atoms with van der Waals surface area (Å²) in [5.74, 6) is -1.64. The van der Waals surface area contributed by atoms with Crippen molar-refractivity contribution in [2.45, 2.75) is 0 Å². The zero-order valence-electron chi connectivity index (χ0n) is 6.00. The number of carbonyl (C=O) groups is 2. The van der Waals surface area contributed by atoms with Crippen LogP contribution in [0, 0.1) is 0 Å². The highest BCUT2D eigenvalue weighted by Gasteiger charge is 2.29. The Morgan fingerprint density at radius 3 is 2.45 bits per heavy atom. The third kappa shape index (κ3) is 1.06. The summed E-state index contributed by atoms with van der Waals surface area (Å²) in [5.41, 5.74) is 5.02. The molecule has 6 heteroatoms. The molecular formula is C5H7BN2O3. The Balaban J connectivity index is 3.07. The normalized spacial score (nSPS) is 17.8. The third-order valence-corrected chi connectivity index (χ3v) is 1.54. The van der Waals surface area contributed by atoms with Crippen molar-refractivity contribution in [1.82, 2.24) is 4.81 Å². The van der Waals surface area contributed by atoms with Gasteiger partial charge in [0.2, 0.25) is 7.98 Å². The number of hydrogen-bond acceptors (Lipinski definition) is 4. The Bertz CT molecular complexity index is 260. The number of Topliss-reactive ketones (excluding diaryl/α,β-unsaturated/α-hetero) is 1. The van der Waals surface area contributed by atoms with Crippen LogP contribution in [-0.2, 0) is 9.59 Å². The molecule has 0 spiro atoms. The number of carboxylic acids is 1. The largest absolute Gasteiger partial charge is 0.477 e. The second-order valence-corrected chi connectivity index (χ2v) is 2.34. The van der Waals surface area contributed by atoms with Crippen molar-refractivity contribution < 1.29 is 14.7 Å². The summed E-state index contributed by atoms with van der Waals surface area (Å²) in [7, 11) is 1.57. The lowest BCUT2D eigenvalue weighted by Gasteiger charge is -2.09. The Labute approximate surface area is 63.9 Å². The maximum Gasteiger partial charge on any atom is 0.343 e. The monoisotopic (exact) mass is 154 g/mol. The van der Waals surface area contributed by atoms with Crippen LogP contribution in [0.25, 0.3) is 0 Å². The fraction of sp³-hybridized carbons (Fsp3) is 0.200. The highest BCUT2D eigenvalue weighted by Crippen LogP contribution is 2.12. The molecule has 0 atom stereocenters. The van der Waals surface area contributed by atoms with Crippen LogP contribution in [0.4, 0.5) is 0 Å². The molecule has 0 saturated carbocycles. The van der Waals surface area contributed by atoms with E-state index in [1.54, 1.807) is 7.98 Å². The predicted octanol–water partition coefficient (Wildman–Crippen LogP) is -2.33. The molecule has 1 rings (SSSR count). The minimum absolute atomic E-state index is 0.0440. The van der Waals surface area contributed by atoms with Crippen LogP contribution >= 0.6 is 0 Å². The minimum atomic E-state index is -1.25. The van der Waals surface area contributed by atoms with E-state index in [1.165, 1.54) is 4.81 Å². The van der Waals surface area contributed by atoms with Gasteiger partial charge in [-0.1, -0.05) is 0 Å². The topological polar surface area (TPSA) is 83.6 Å². The van der Waals surface area contributed by atoms with Gasteiger partial charge in [0.25, 0.3) is 0 Å². The third-order valence-electron chi connectivity index (χ3n) is 1.54. The molecule has 0 aromatic heterocycles. The molecule has 0 radical (unpaired) electrons. The minimum Gasteiger partial charge on any atom is -0.477 e. The molecule has 0 saturated heterocycles. The zero-order chi connectivity index (χ0) is 8.59. The Kier molecular flexibility index (Phi) is 1.60.